The van der Waals surface area contributed by atoms with E-state index in [1.807, 2.05) is 0 Å². The molecular formula is C20H25BBrN3O8. The van der Waals surface area contributed by atoms with Crippen molar-refractivity contribution >= 4 is 57.5 Å². The molecule has 0 saturated carbocycles. The molecule has 1 aliphatic heterocycles. The Morgan fingerprint density at radius 1 is 1.21 bits per heavy atom. The van der Waals surface area contributed by atoms with Crippen LogP contribution in [0.5, 0.6) is 0 Å². The third-order valence-corrected chi connectivity index (χ3v) is 4.79. The summed E-state index contributed by atoms with van der Waals surface area (Å²) in [7, 11) is 0. The van der Waals surface area contributed by atoms with E-state index in [9.17, 15) is 19.4 Å². The number of fused-ring (bicyclic) bond motifs is 2. The van der Waals surface area contributed by atoms with Crippen LogP contribution in [-0.4, -0.2) is 44.9 Å². The molecule has 1 aliphatic rings. The van der Waals surface area contributed by atoms with E-state index in [-0.39, 0.29) is 17.8 Å². The molecule has 3 rings (SSSR count). The number of para-hydroxylation sites is 1. The minimum atomic E-state index is -3.24. The van der Waals surface area contributed by atoms with Crippen LogP contribution in [0.25, 0.3) is 0 Å². The molecular weight excluding hydrogens is 501 g/mol. The average molecular weight is 526 g/mol. The molecule has 11 nitrogen and oxygen atoms in total. The summed E-state index contributed by atoms with van der Waals surface area (Å²) in [4.78, 5) is 46.2. The monoisotopic (exact) mass is 525 g/mol. The van der Waals surface area contributed by atoms with E-state index in [1.54, 1.807) is 45.0 Å². The van der Waals surface area contributed by atoms with Crippen LogP contribution >= 0.6 is 15.9 Å². The van der Waals surface area contributed by atoms with Gasteiger partial charge in [-0.15, -0.1) is 0 Å². The van der Waals surface area contributed by atoms with E-state index in [1.165, 1.54) is 6.20 Å². The highest BCUT2D eigenvalue weighted by Gasteiger charge is 2.46. The number of ether oxygens (including phenoxy) is 1. The lowest BCUT2D eigenvalue weighted by atomic mass is 9.61. The molecule has 0 amide bonds. The quantitative estimate of drug-likeness (QED) is 0.387. The smallest absolute Gasteiger partial charge is 0.511 e. The summed E-state index contributed by atoms with van der Waals surface area (Å²) < 4.78 is 12.9. The van der Waals surface area contributed by atoms with Crippen molar-refractivity contribution < 1.29 is 38.4 Å². The number of benzene rings is 1. The van der Waals surface area contributed by atoms with Crippen LogP contribution in [0, 0.1) is 0 Å². The molecule has 0 bridgehead atoms. The average Bonchev–Trinajstić information content (AvgIpc) is 2.63. The van der Waals surface area contributed by atoms with E-state index in [4.69, 9.17) is 19.3 Å². The van der Waals surface area contributed by atoms with Gasteiger partial charge < -0.3 is 24.0 Å². The fourth-order valence-electron chi connectivity index (χ4n) is 3.23. The van der Waals surface area contributed by atoms with E-state index in [2.05, 4.69) is 21.2 Å². The van der Waals surface area contributed by atoms with Gasteiger partial charge in [0.25, 0.3) is 11.9 Å². The fourth-order valence-corrected chi connectivity index (χ4v) is 3.76. The lowest BCUT2D eigenvalue weighted by molar-refractivity contribution is -0.578. The van der Waals surface area contributed by atoms with E-state index >= 15 is 0 Å². The Bertz CT molecular complexity index is 1160. The molecule has 0 saturated heterocycles. The van der Waals surface area contributed by atoms with Crippen LogP contribution in [0.1, 0.15) is 34.6 Å². The lowest BCUT2D eigenvalue weighted by Gasteiger charge is -2.39. The van der Waals surface area contributed by atoms with Gasteiger partial charge in [-0.2, -0.15) is 0 Å². The number of anilines is 2. The first-order valence-electron chi connectivity index (χ1n) is 9.85. The number of hydrogen-bond acceptors (Lipinski definition) is 8. The van der Waals surface area contributed by atoms with Crippen molar-refractivity contribution in [1.82, 2.24) is 4.57 Å². The van der Waals surface area contributed by atoms with Crippen LogP contribution in [0.15, 0.2) is 39.7 Å². The number of esters is 1. The molecule has 33 heavy (non-hydrogen) atoms. The molecule has 2 aromatic rings. The number of aromatic nitrogens is 2. The van der Waals surface area contributed by atoms with Crippen molar-refractivity contribution in [2.24, 2.45) is 0 Å². The number of nitrogens with zero attached hydrogens (tertiary/aromatic N) is 2. The van der Waals surface area contributed by atoms with Gasteiger partial charge in [0.05, 0.1) is 11.9 Å². The number of halogens is 1. The van der Waals surface area contributed by atoms with Gasteiger partial charge in [0.15, 0.2) is 6.54 Å². The fraction of sp³-hybridized carbons (Fsp3) is 0.350. The van der Waals surface area contributed by atoms with Gasteiger partial charge in [-0.1, -0.05) is 23.7 Å². The summed E-state index contributed by atoms with van der Waals surface area (Å²) in [6.07, 6.45) is 1.41. The van der Waals surface area contributed by atoms with Gasteiger partial charge in [0.2, 0.25) is 5.82 Å². The summed E-state index contributed by atoms with van der Waals surface area (Å²) in [5, 5.41) is 21.9. The van der Waals surface area contributed by atoms with Gasteiger partial charge in [-0.05, 0) is 42.8 Å². The second-order valence-corrected chi connectivity index (χ2v) is 9.09. The highest BCUT2D eigenvalue weighted by molar-refractivity contribution is 9.10. The van der Waals surface area contributed by atoms with E-state index in [0.29, 0.717) is 10.2 Å². The zero-order valence-corrected chi connectivity index (χ0v) is 20.4. The first kappa shape index (κ1) is 26.1. The minimum Gasteiger partial charge on any atom is -0.632 e. The maximum Gasteiger partial charge on any atom is 0.511 e. The Kier molecular flexibility index (Phi) is 7.70. The number of carbonyl (C=O) groups is 3. The third-order valence-electron chi connectivity index (χ3n) is 4.21. The maximum absolute atomic E-state index is 13.2. The Balaban J connectivity index is 0.000000890. The standard InChI is InChI=1S/C18H21BBrN3O6.C2H4O2/c1-11(24)29-19(27)12-7-5-6-8-14(12)21-16-13(20)9-22(17(26)23(16)19)10-15(25)28-18(2,3)4;1-2(3)4/h5-9,21,27H,10H2,1-4H3;1H3,(H,3,4)/t19-;/m1./s1. The Hall–Kier alpha value is -3.19. The van der Waals surface area contributed by atoms with Crippen molar-refractivity contribution in [1.29, 1.82) is 0 Å². The molecule has 0 unspecified atom stereocenters. The number of carbonyl (C=O) groups excluding carboxylic acids is 2. The molecule has 178 valence electrons. The topological polar surface area (TPSA) is 148 Å². The highest BCUT2D eigenvalue weighted by Crippen LogP contribution is 2.26. The number of nitrogens with one attached hydrogen (secondary N) is 1. The summed E-state index contributed by atoms with van der Waals surface area (Å²) in [6.45, 7) is 3.75. The largest absolute Gasteiger partial charge is 0.632 e. The molecule has 3 N–H and O–H groups in total. The van der Waals surface area contributed by atoms with Crippen molar-refractivity contribution in [2.45, 2.75) is 46.8 Å². The van der Waals surface area contributed by atoms with Crippen molar-refractivity contribution in [3.63, 3.8) is 0 Å². The van der Waals surface area contributed by atoms with Crippen LogP contribution < -0.4 is 20.9 Å². The molecule has 0 fully saturated rings. The number of rotatable bonds is 3. The molecule has 0 aliphatic carbocycles. The van der Waals surface area contributed by atoms with Gasteiger partial charge in [-0.25, -0.2) is 14.2 Å². The molecule has 0 spiro atoms. The van der Waals surface area contributed by atoms with Gasteiger partial charge in [0.1, 0.15) is 10.1 Å². The van der Waals surface area contributed by atoms with Gasteiger partial charge >= 0.3 is 18.3 Å². The van der Waals surface area contributed by atoms with E-state index in [0.717, 1.165) is 22.9 Å². The molecule has 1 aromatic carbocycles. The molecule has 2 heterocycles. The lowest BCUT2D eigenvalue weighted by Crippen LogP contribution is -2.83. The van der Waals surface area contributed by atoms with Gasteiger partial charge in [0, 0.05) is 13.8 Å². The van der Waals surface area contributed by atoms with Crippen LogP contribution in [0.2, 0.25) is 0 Å². The third kappa shape index (κ3) is 6.20. The zero-order chi connectivity index (χ0) is 25.1. The van der Waals surface area contributed by atoms with Crippen molar-refractivity contribution in [2.75, 3.05) is 5.32 Å². The number of aliphatic carboxylic acids is 1. The van der Waals surface area contributed by atoms with Crippen LogP contribution in [-0.2, 0) is 30.3 Å². The normalized spacial score (nSPS) is 16.2. The second-order valence-electron chi connectivity index (χ2n) is 8.24. The zero-order valence-electron chi connectivity index (χ0n) is 18.8. The van der Waals surface area contributed by atoms with Crippen LogP contribution in [0.3, 0.4) is 0 Å². The molecule has 13 heteroatoms. The number of hydrogen-bond donors (Lipinski definition) is 3. The Morgan fingerprint density at radius 2 is 1.79 bits per heavy atom. The van der Waals surface area contributed by atoms with Crippen molar-refractivity contribution in [3.8, 4) is 0 Å². The van der Waals surface area contributed by atoms with Crippen LogP contribution in [0.4, 0.5) is 11.5 Å². The summed E-state index contributed by atoms with van der Waals surface area (Å²) >= 11 is 3.35. The number of carboxylic acids is 1. The van der Waals surface area contributed by atoms with Gasteiger partial charge in [-0.3, -0.25) is 14.9 Å². The van der Waals surface area contributed by atoms with Crippen molar-refractivity contribution in [3.05, 3.63) is 45.4 Å². The predicted octanol–water partition coefficient (Wildman–Crippen LogP) is 0.637. The minimum absolute atomic E-state index is 0.192. The summed E-state index contributed by atoms with van der Waals surface area (Å²) in [5.41, 5.74) is -0.748. The summed E-state index contributed by atoms with van der Waals surface area (Å²) in [6, 6.07) is 6.64. The second kappa shape index (κ2) is 9.75. The maximum atomic E-state index is 13.2. The first-order valence-corrected chi connectivity index (χ1v) is 10.6. The van der Waals surface area contributed by atoms with E-state index < -0.39 is 35.9 Å². The first-order chi connectivity index (χ1) is 15.2. The highest BCUT2D eigenvalue weighted by atomic mass is 79.9. The molecule has 1 aromatic heterocycles. The Labute approximate surface area is 198 Å². The Morgan fingerprint density at radius 3 is 2.33 bits per heavy atom. The number of carboxylic acid groups (broad SMARTS) is 1. The predicted molar refractivity (Wildman–Crippen MR) is 122 cm³/mol. The molecule has 0 radical (unpaired) electrons. The SMILES string of the molecule is CC(=O)O.CC(=O)O[B@-]1(O)c2ccccc2Nc2c(Br)cn(CC(=O)OC(C)(C)C)c(=O)[n+]21. The summed E-state index contributed by atoms with van der Waals surface area (Å²) in [5.74, 6) is -2.03. The molecule has 1 atom stereocenters.